The van der Waals surface area contributed by atoms with Crippen molar-refractivity contribution in [1.82, 2.24) is 10.6 Å². The Bertz CT molecular complexity index is 460. The molecule has 0 aliphatic carbocycles. The molecule has 0 fully saturated rings. The van der Waals surface area contributed by atoms with Crippen LogP contribution < -0.4 is 20.3 Å². The normalized spacial score (nSPS) is 11.6. The van der Waals surface area contributed by atoms with Gasteiger partial charge in [0.2, 0.25) is 0 Å². The van der Waals surface area contributed by atoms with Gasteiger partial charge in [-0.1, -0.05) is 0 Å². The van der Waals surface area contributed by atoms with E-state index in [2.05, 4.69) is 10.6 Å². The topological polar surface area (TPSA) is 71.9 Å². The fourth-order valence-corrected chi connectivity index (χ4v) is 1.93. The molecule has 3 N–H and O–H groups in total. The molecular formula is C15H24N3O3+. The average Bonchev–Trinajstić information content (AvgIpc) is 2.41. The van der Waals surface area contributed by atoms with Crippen LogP contribution in [0.5, 0.6) is 5.75 Å². The molecule has 0 bridgehead atoms. The van der Waals surface area contributed by atoms with Crippen LogP contribution in [0.25, 0.3) is 0 Å². The van der Waals surface area contributed by atoms with Gasteiger partial charge in [0.1, 0.15) is 12.3 Å². The number of ether oxygens (including phenoxy) is 1. The van der Waals surface area contributed by atoms with Gasteiger partial charge in [-0.05, 0) is 38.1 Å². The van der Waals surface area contributed by atoms with Gasteiger partial charge in [-0.15, -0.1) is 0 Å². The zero-order valence-corrected chi connectivity index (χ0v) is 12.9. The Hall–Kier alpha value is -2.08. The number of likely N-dealkylation sites (N-methyl/N-ethyl adjacent to an activating group) is 1. The number of rotatable bonds is 7. The molecule has 0 radical (unpaired) electrons. The molecule has 1 rings (SSSR count). The standard InChI is InChI=1S/C15H23N3O3/c1-4-16-15(20)17-14(19)11-18(3)10-12-6-8-13(9-7-12)21-5-2/h6-9H,4-5,10-11H2,1-3H3,(H2,16,17,19,20)/p+1. The number of carbonyl (C=O) groups excluding carboxylic acids is 2. The van der Waals surface area contributed by atoms with Crippen LogP contribution in [0.4, 0.5) is 4.79 Å². The van der Waals surface area contributed by atoms with Crippen molar-refractivity contribution in [3.63, 3.8) is 0 Å². The molecule has 1 unspecified atom stereocenters. The van der Waals surface area contributed by atoms with Crippen molar-refractivity contribution in [2.24, 2.45) is 0 Å². The minimum Gasteiger partial charge on any atom is -0.494 e. The van der Waals surface area contributed by atoms with E-state index in [1.165, 1.54) is 0 Å². The number of imide groups is 1. The maximum absolute atomic E-state index is 11.7. The lowest BCUT2D eigenvalue weighted by Crippen LogP contribution is -3.09. The lowest BCUT2D eigenvalue weighted by Gasteiger charge is -2.14. The molecule has 0 spiro atoms. The van der Waals surface area contributed by atoms with Gasteiger partial charge in [0, 0.05) is 12.1 Å². The van der Waals surface area contributed by atoms with Crippen LogP contribution >= 0.6 is 0 Å². The van der Waals surface area contributed by atoms with Gasteiger partial charge >= 0.3 is 6.03 Å². The van der Waals surface area contributed by atoms with E-state index in [1.54, 1.807) is 6.92 Å². The Morgan fingerprint density at radius 1 is 1.19 bits per heavy atom. The summed E-state index contributed by atoms with van der Waals surface area (Å²) in [6.07, 6.45) is 0. The van der Waals surface area contributed by atoms with Crippen molar-refractivity contribution in [2.45, 2.75) is 20.4 Å². The maximum atomic E-state index is 11.7. The minimum absolute atomic E-state index is 0.240. The van der Waals surface area contributed by atoms with E-state index in [0.717, 1.165) is 16.2 Å². The van der Waals surface area contributed by atoms with E-state index in [4.69, 9.17) is 4.74 Å². The SMILES string of the molecule is CCNC(=O)NC(=O)C[NH+](C)Cc1ccc(OCC)cc1. The number of carbonyl (C=O) groups is 2. The second-order valence-corrected chi connectivity index (χ2v) is 4.80. The molecular weight excluding hydrogens is 270 g/mol. The predicted octanol–water partition coefficient (Wildman–Crippen LogP) is -0.0543. The Labute approximate surface area is 125 Å². The maximum Gasteiger partial charge on any atom is 0.321 e. The van der Waals surface area contributed by atoms with Crippen molar-refractivity contribution in [3.8, 4) is 5.75 Å². The Balaban J connectivity index is 2.40. The van der Waals surface area contributed by atoms with Crippen LogP contribution in [0.3, 0.4) is 0 Å². The summed E-state index contributed by atoms with van der Waals surface area (Å²) in [5, 5.41) is 4.82. The zero-order valence-electron chi connectivity index (χ0n) is 12.9. The molecule has 6 heteroatoms. The molecule has 1 atom stereocenters. The van der Waals surface area contributed by atoms with E-state index in [1.807, 2.05) is 38.2 Å². The highest BCUT2D eigenvalue weighted by Gasteiger charge is 2.13. The van der Waals surface area contributed by atoms with E-state index in [0.29, 0.717) is 19.7 Å². The van der Waals surface area contributed by atoms with Gasteiger partial charge in [-0.2, -0.15) is 0 Å². The highest BCUT2D eigenvalue weighted by Crippen LogP contribution is 2.11. The fraction of sp³-hybridized carbons (Fsp3) is 0.467. The minimum atomic E-state index is -0.448. The van der Waals surface area contributed by atoms with E-state index >= 15 is 0 Å². The van der Waals surface area contributed by atoms with Gasteiger partial charge in [-0.25, -0.2) is 4.79 Å². The smallest absolute Gasteiger partial charge is 0.321 e. The van der Waals surface area contributed by atoms with Crippen molar-refractivity contribution in [1.29, 1.82) is 0 Å². The van der Waals surface area contributed by atoms with Crippen molar-refractivity contribution in [2.75, 3.05) is 26.7 Å². The van der Waals surface area contributed by atoms with E-state index in [-0.39, 0.29) is 12.5 Å². The third-order valence-electron chi connectivity index (χ3n) is 2.79. The number of hydrogen-bond acceptors (Lipinski definition) is 3. The second-order valence-electron chi connectivity index (χ2n) is 4.80. The largest absolute Gasteiger partial charge is 0.494 e. The second kappa shape index (κ2) is 8.97. The van der Waals surface area contributed by atoms with Gasteiger partial charge in [0.05, 0.1) is 13.7 Å². The summed E-state index contributed by atoms with van der Waals surface area (Å²) in [4.78, 5) is 23.9. The molecule has 0 saturated heterocycles. The van der Waals surface area contributed by atoms with Crippen molar-refractivity contribution >= 4 is 11.9 Å². The van der Waals surface area contributed by atoms with E-state index in [9.17, 15) is 9.59 Å². The molecule has 0 aliphatic rings. The summed E-state index contributed by atoms with van der Waals surface area (Å²) in [7, 11) is 1.91. The molecule has 21 heavy (non-hydrogen) atoms. The summed E-state index contributed by atoms with van der Waals surface area (Å²) in [5.74, 6) is 0.553. The van der Waals surface area contributed by atoms with Crippen LogP contribution in [0.1, 0.15) is 19.4 Å². The predicted molar refractivity (Wildman–Crippen MR) is 80.3 cm³/mol. The Morgan fingerprint density at radius 3 is 2.43 bits per heavy atom. The third kappa shape index (κ3) is 6.76. The first-order chi connectivity index (χ1) is 10.0. The molecule has 0 saturated carbocycles. The summed E-state index contributed by atoms with van der Waals surface area (Å²) < 4.78 is 5.38. The number of nitrogens with one attached hydrogen (secondary N) is 3. The van der Waals surface area contributed by atoms with Gasteiger partial charge in [-0.3, -0.25) is 10.1 Å². The average molecular weight is 294 g/mol. The molecule has 116 valence electrons. The number of urea groups is 1. The summed E-state index contributed by atoms with van der Waals surface area (Å²) in [5.41, 5.74) is 1.11. The number of benzene rings is 1. The molecule has 0 aliphatic heterocycles. The highest BCUT2D eigenvalue weighted by atomic mass is 16.5. The molecule has 3 amide bonds. The first-order valence-corrected chi connectivity index (χ1v) is 7.15. The number of quaternary nitrogens is 1. The van der Waals surface area contributed by atoms with Crippen LogP contribution in [0, 0.1) is 0 Å². The third-order valence-corrected chi connectivity index (χ3v) is 2.79. The zero-order chi connectivity index (χ0) is 15.7. The first kappa shape index (κ1) is 17.0. The fourth-order valence-electron chi connectivity index (χ4n) is 1.93. The van der Waals surface area contributed by atoms with Crippen molar-refractivity contribution in [3.05, 3.63) is 29.8 Å². The van der Waals surface area contributed by atoms with Crippen molar-refractivity contribution < 1.29 is 19.2 Å². The van der Waals surface area contributed by atoms with Crippen LogP contribution in [-0.4, -0.2) is 38.7 Å². The summed E-state index contributed by atoms with van der Waals surface area (Å²) >= 11 is 0. The Kier molecular flexibility index (Phi) is 7.25. The lowest BCUT2D eigenvalue weighted by molar-refractivity contribution is -0.885. The quantitative estimate of drug-likeness (QED) is 0.660. The molecule has 0 heterocycles. The Morgan fingerprint density at radius 2 is 1.86 bits per heavy atom. The van der Waals surface area contributed by atoms with Crippen LogP contribution in [0.15, 0.2) is 24.3 Å². The van der Waals surface area contributed by atoms with Crippen LogP contribution in [0.2, 0.25) is 0 Å². The first-order valence-electron chi connectivity index (χ1n) is 7.15. The monoisotopic (exact) mass is 294 g/mol. The molecule has 1 aromatic carbocycles. The number of amides is 3. The molecule has 0 aromatic heterocycles. The summed E-state index contributed by atoms with van der Waals surface area (Å²) in [6, 6.07) is 7.35. The van der Waals surface area contributed by atoms with E-state index < -0.39 is 6.03 Å². The van der Waals surface area contributed by atoms with Gasteiger partial charge in [0.15, 0.2) is 6.54 Å². The van der Waals surface area contributed by atoms with Crippen LogP contribution in [-0.2, 0) is 11.3 Å². The molecule has 6 nitrogen and oxygen atoms in total. The molecule has 1 aromatic rings. The van der Waals surface area contributed by atoms with Gasteiger partial charge in [0.25, 0.3) is 5.91 Å². The lowest BCUT2D eigenvalue weighted by atomic mass is 10.2. The number of hydrogen-bond donors (Lipinski definition) is 3. The highest BCUT2D eigenvalue weighted by molar-refractivity contribution is 5.94. The van der Waals surface area contributed by atoms with Gasteiger partial charge < -0.3 is 15.0 Å². The summed E-state index contributed by atoms with van der Waals surface area (Å²) in [6.45, 7) is 5.82.